The summed E-state index contributed by atoms with van der Waals surface area (Å²) in [7, 11) is 1.60. The van der Waals surface area contributed by atoms with Gasteiger partial charge < -0.3 is 19.9 Å². The minimum Gasteiger partial charge on any atom is -0.481 e. The summed E-state index contributed by atoms with van der Waals surface area (Å²) in [4.78, 5) is 22.9. The lowest BCUT2D eigenvalue weighted by atomic mass is 9.80. The smallest absolute Gasteiger partial charge is 0.316 e. The Labute approximate surface area is 114 Å². The van der Waals surface area contributed by atoms with Crippen LogP contribution in [-0.2, 0) is 19.1 Å². The zero-order valence-corrected chi connectivity index (χ0v) is 12.2. The molecule has 0 aromatic carbocycles. The molecule has 0 fully saturated rings. The third-order valence-electron chi connectivity index (χ3n) is 2.57. The highest BCUT2D eigenvalue weighted by atomic mass is 16.5. The third-order valence-corrected chi connectivity index (χ3v) is 2.57. The number of methoxy groups -OCH3 is 1. The number of hydrogen-bond donors (Lipinski definition) is 2. The number of carboxylic acids is 1. The second-order valence-electron chi connectivity index (χ2n) is 5.39. The van der Waals surface area contributed by atoms with Gasteiger partial charge in [0.1, 0.15) is 5.92 Å². The predicted molar refractivity (Wildman–Crippen MR) is 70.9 cm³/mol. The maximum Gasteiger partial charge on any atom is 0.316 e. The quantitative estimate of drug-likeness (QED) is 0.482. The van der Waals surface area contributed by atoms with Gasteiger partial charge in [-0.3, -0.25) is 9.59 Å². The zero-order valence-electron chi connectivity index (χ0n) is 12.2. The molecule has 6 nitrogen and oxygen atoms in total. The number of rotatable bonds is 9. The summed E-state index contributed by atoms with van der Waals surface area (Å²) in [5.74, 6) is -2.58. The molecule has 0 saturated heterocycles. The number of hydrogen-bond acceptors (Lipinski definition) is 4. The molecule has 0 aliphatic heterocycles. The molecule has 1 atom stereocenters. The average Bonchev–Trinajstić information content (AvgIpc) is 2.25. The Morgan fingerprint density at radius 1 is 1.21 bits per heavy atom. The summed E-state index contributed by atoms with van der Waals surface area (Å²) in [6.45, 7) is 7.18. The molecule has 0 aliphatic rings. The number of ether oxygens (including phenoxy) is 2. The zero-order chi connectivity index (χ0) is 14.9. The molecule has 0 aromatic rings. The molecule has 0 rings (SSSR count). The van der Waals surface area contributed by atoms with Crippen LogP contribution < -0.4 is 5.32 Å². The largest absolute Gasteiger partial charge is 0.481 e. The average molecular weight is 275 g/mol. The number of carboxylic acid groups (broad SMARTS) is 1. The van der Waals surface area contributed by atoms with Crippen molar-refractivity contribution in [3.63, 3.8) is 0 Å². The lowest BCUT2D eigenvalue weighted by Crippen LogP contribution is -2.43. The molecule has 0 bridgehead atoms. The summed E-state index contributed by atoms with van der Waals surface area (Å²) < 4.78 is 10.1. The topological polar surface area (TPSA) is 84.9 Å². The van der Waals surface area contributed by atoms with E-state index in [2.05, 4.69) is 5.32 Å². The Kier molecular flexibility index (Phi) is 8.34. The van der Waals surface area contributed by atoms with Crippen molar-refractivity contribution in [3.8, 4) is 0 Å². The van der Waals surface area contributed by atoms with Crippen LogP contribution in [0, 0.1) is 11.3 Å². The molecule has 0 aliphatic carbocycles. The van der Waals surface area contributed by atoms with Gasteiger partial charge in [0.05, 0.1) is 13.2 Å². The van der Waals surface area contributed by atoms with E-state index in [1.165, 1.54) is 0 Å². The van der Waals surface area contributed by atoms with E-state index >= 15 is 0 Å². The molecule has 6 heteroatoms. The summed E-state index contributed by atoms with van der Waals surface area (Å²) in [6, 6.07) is 0. The van der Waals surface area contributed by atoms with Gasteiger partial charge in [0.2, 0.25) is 5.91 Å². The van der Waals surface area contributed by atoms with Crippen molar-refractivity contribution in [2.75, 3.05) is 33.5 Å². The molecule has 0 saturated carbocycles. The van der Waals surface area contributed by atoms with E-state index in [-0.39, 0.29) is 0 Å². The standard InChI is InChI=1S/C13H25NO5/c1-13(2,3)10(12(16)17)11(15)14-6-5-7-19-9-8-18-4/h10H,5-9H2,1-4H3,(H,14,15)(H,16,17). The highest BCUT2D eigenvalue weighted by Crippen LogP contribution is 2.26. The van der Waals surface area contributed by atoms with Crippen molar-refractivity contribution < 1.29 is 24.2 Å². The first-order valence-corrected chi connectivity index (χ1v) is 6.38. The van der Waals surface area contributed by atoms with Gasteiger partial charge in [-0.1, -0.05) is 20.8 Å². The van der Waals surface area contributed by atoms with Crippen LogP contribution in [0.25, 0.3) is 0 Å². The SMILES string of the molecule is COCCOCCCNC(=O)C(C(=O)O)C(C)(C)C. The Morgan fingerprint density at radius 2 is 1.84 bits per heavy atom. The minimum absolute atomic E-state index is 0.408. The fraction of sp³-hybridized carbons (Fsp3) is 0.846. The molecule has 112 valence electrons. The van der Waals surface area contributed by atoms with E-state index in [0.717, 1.165) is 0 Å². The number of aliphatic carboxylic acids is 1. The predicted octanol–water partition coefficient (Wildman–Crippen LogP) is 0.903. The highest BCUT2D eigenvalue weighted by Gasteiger charge is 2.37. The van der Waals surface area contributed by atoms with Crippen LogP contribution in [0.4, 0.5) is 0 Å². The first-order chi connectivity index (χ1) is 8.80. The summed E-state index contributed by atoms with van der Waals surface area (Å²) in [5.41, 5.74) is -0.606. The van der Waals surface area contributed by atoms with Gasteiger partial charge in [0, 0.05) is 20.3 Å². The number of carbonyl (C=O) groups excluding carboxylic acids is 1. The Morgan fingerprint density at radius 3 is 2.32 bits per heavy atom. The molecule has 0 heterocycles. The van der Waals surface area contributed by atoms with Gasteiger partial charge in [-0.15, -0.1) is 0 Å². The fourth-order valence-electron chi connectivity index (χ4n) is 1.61. The third kappa shape index (κ3) is 7.79. The van der Waals surface area contributed by atoms with Gasteiger partial charge in [-0.05, 0) is 11.8 Å². The highest BCUT2D eigenvalue weighted by molar-refractivity contribution is 5.97. The van der Waals surface area contributed by atoms with E-state index in [9.17, 15) is 9.59 Å². The molecule has 2 N–H and O–H groups in total. The molecule has 0 radical (unpaired) electrons. The van der Waals surface area contributed by atoms with Gasteiger partial charge >= 0.3 is 5.97 Å². The fourth-order valence-corrected chi connectivity index (χ4v) is 1.61. The van der Waals surface area contributed by atoms with Crippen LogP contribution in [0.3, 0.4) is 0 Å². The summed E-state index contributed by atoms with van der Waals surface area (Å²) in [5, 5.41) is 11.7. The van der Waals surface area contributed by atoms with Crippen molar-refractivity contribution in [2.45, 2.75) is 27.2 Å². The maximum absolute atomic E-state index is 11.8. The van der Waals surface area contributed by atoms with E-state index in [1.54, 1.807) is 27.9 Å². The number of nitrogens with one attached hydrogen (secondary N) is 1. The summed E-state index contributed by atoms with van der Waals surface area (Å²) in [6.07, 6.45) is 0.645. The Balaban J connectivity index is 3.93. The van der Waals surface area contributed by atoms with Crippen molar-refractivity contribution in [1.29, 1.82) is 0 Å². The van der Waals surface area contributed by atoms with E-state index in [0.29, 0.717) is 32.8 Å². The van der Waals surface area contributed by atoms with Crippen molar-refractivity contribution in [1.82, 2.24) is 5.32 Å². The van der Waals surface area contributed by atoms with E-state index < -0.39 is 23.2 Å². The van der Waals surface area contributed by atoms with Gasteiger partial charge in [0.15, 0.2) is 0 Å². The number of amides is 1. The molecular weight excluding hydrogens is 250 g/mol. The van der Waals surface area contributed by atoms with Crippen molar-refractivity contribution in [3.05, 3.63) is 0 Å². The monoisotopic (exact) mass is 275 g/mol. The minimum atomic E-state index is -1.10. The first-order valence-electron chi connectivity index (χ1n) is 6.38. The van der Waals surface area contributed by atoms with Crippen LogP contribution >= 0.6 is 0 Å². The van der Waals surface area contributed by atoms with E-state index in [4.69, 9.17) is 14.6 Å². The van der Waals surface area contributed by atoms with Crippen LogP contribution in [0.2, 0.25) is 0 Å². The molecule has 19 heavy (non-hydrogen) atoms. The lowest BCUT2D eigenvalue weighted by molar-refractivity contribution is -0.151. The Bertz CT molecular complexity index is 285. The van der Waals surface area contributed by atoms with Gasteiger partial charge in [0.25, 0.3) is 0 Å². The van der Waals surface area contributed by atoms with Crippen molar-refractivity contribution in [2.24, 2.45) is 11.3 Å². The second kappa shape index (κ2) is 8.87. The van der Waals surface area contributed by atoms with Crippen molar-refractivity contribution >= 4 is 11.9 Å². The molecule has 1 amide bonds. The van der Waals surface area contributed by atoms with E-state index in [1.807, 2.05) is 0 Å². The van der Waals surface area contributed by atoms with Gasteiger partial charge in [-0.2, -0.15) is 0 Å². The van der Waals surface area contributed by atoms with Crippen LogP contribution in [0.1, 0.15) is 27.2 Å². The van der Waals surface area contributed by atoms with Crippen LogP contribution in [0.15, 0.2) is 0 Å². The maximum atomic E-state index is 11.8. The molecule has 0 spiro atoms. The van der Waals surface area contributed by atoms with Gasteiger partial charge in [-0.25, -0.2) is 0 Å². The number of carbonyl (C=O) groups is 2. The molecule has 0 aromatic heterocycles. The normalized spacial score (nSPS) is 13.1. The molecular formula is C13H25NO5. The Hall–Kier alpha value is -1.14. The van der Waals surface area contributed by atoms with Crippen LogP contribution in [0.5, 0.6) is 0 Å². The van der Waals surface area contributed by atoms with Crippen LogP contribution in [-0.4, -0.2) is 50.5 Å². The lowest BCUT2D eigenvalue weighted by Gasteiger charge is -2.25. The summed E-state index contributed by atoms with van der Waals surface area (Å²) >= 11 is 0. The molecule has 1 unspecified atom stereocenters. The second-order valence-corrected chi connectivity index (χ2v) is 5.39. The first kappa shape index (κ1) is 17.9.